The number of nitrogens with two attached hydrogens (primary N) is 1. The summed E-state index contributed by atoms with van der Waals surface area (Å²) in [5.41, 5.74) is 4.41. The van der Waals surface area contributed by atoms with E-state index in [9.17, 15) is 0 Å². The van der Waals surface area contributed by atoms with Gasteiger partial charge in [-0.25, -0.2) is 4.98 Å². The number of ether oxygens (including phenoxy) is 1. The second kappa shape index (κ2) is 4.72. The normalized spacial score (nSPS) is 11.8. The van der Waals surface area contributed by atoms with Gasteiger partial charge >= 0.3 is 0 Å². The van der Waals surface area contributed by atoms with Gasteiger partial charge in [-0.05, 0) is 32.0 Å². The topological polar surface area (TPSA) is 60.2 Å². The Labute approximate surface area is 111 Å². The van der Waals surface area contributed by atoms with Crippen LogP contribution in [-0.2, 0) is 10.3 Å². The third kappa shape index (κ3) is 2.14. The maximum absolute atomic E-state index is 6.15. The molecule has 18 heavy (non-hydrogen) atoms. The zero-order valence-electron chi connectivity index (χ0n) is 10.6. The summed E-state index contributed by atoms with van der Waals surface area (Å²) >= 11 is 6.15. The first-order valence-corrected chi connectivity index (χ1v) is 5.99. The van der Waals surface area contributed by atoms with E-state index < -0.39 is 5.60 Å². The van der Waals surface area contributed by atoms with E-state index in [1.165, 1.54) is 0 Å². The van der Waals surface area contributed by atoms with Crippen molar-refractivity contribution in [3.63, 3.8) is 0 Å². The number of aromatic nitrogens is 1. The minimum Gasteiger partial charge on any atom is -0.372 e. The van der Waals surface area contributed by atoms with E-state index >= 15 is 0 Å². The van der Waals surface area contributed by atoms with Crippen molar-refractivity contribution in [2.45, 2.75) is 19.4 Å². The Kier molecular flexibility index (Phi) is 3.43. The highest BCUT2D eigenvalue weighted by molar-refractivity contribution is 6.35. The minimum absolute atomic E-state index is 0.530. The third-order valence-electron chi connectivity index (χ3n) is 3.04. The van der Waals surface area contributed by atoms with Crippen LogP contribution in [0, 0.1) is 0 Å². The molecule has 0 amide bonds. The number of nitrogens with zero attached hydrogens (tertiary/aromatic N) is 1. The Balaban J connectivity index is 2.75. The van der Waals surface area contributed by atoms with Crippen LogP contribution in [0.25, 0.3) is 10.9 Å². The summed E-state index contributed by atoms with van der Waals surface area (Å²) in [7, 11) is 1.64. The number of methoxy groups -OCH3 is 1. The minimum atomic E-state index is -0.530. The lowest BCUT2D eigenvalue weighted by Gasteiger charge is -2.25. The molecule has 0 bridgehead atoms. The lowest BCUT2D eigenvalue weighted by Crippen LogP contribution is -2.24. The lowest BCUT2D eigenvalue weighted by molar-refractivity contribution is 0.0164. The molecular weight excluding hydrogens is 250 g/mol. The predicted molar refractivity (Wildman–Crippen MR) is 74.6 cm³/mol. The summed E-state index contributed by atoms with van der Waals surface area (Å²) in [6, 6.07) is 7.50. The smallest absolute Gasteiger partial charge is 0.106 e. The van der Waals surface area contributed by atoms with Crippen LogP contribution in [0.5, 0.6) is 0 Å². The van der Waals surface area contributed by atoms with Crippen molar-refractivity contribution < 1.29 is 4.74 Å². The number of pyridine rings is 1. The second-order valence-corrected chi connectivity index (χ2v) is 4.96. The second-order valence-electron chi connectivity index (χ2n) is 4.55. The van der Waals surface area contributed by atoms with Crippen molar-refractivity contribution in [3.05, 3.63) is 35.0 Å². The molecule has 2 aromatic rings. The quantitative estimate of drug-likeness (QED) is 0.661. The highest BCUT2D eigenvalue weighted by atomic mass is 35.5. The number of nitrogens with one attached hydrogen (secondary N) is 1. The van der Waals surface area contributed by atoms with E-state index in [0.29, 0.717) is 10.7 Å². The van der Waals surface area contributed by atoms with Gasteiger partial charge in [-0.15, -0.1) is 0 Å². The van der Waals surface area contributed by atoms with Gasteiger partial charge in [-0.2, -0.15) is 0 Å². The van der Waals surface area contributed by atoms with Crippen molar-refractivity contribution in [2.75, 3.05) is 12.5 Å². The van der Waals surface area contributed by atoms with Crippen molar-refractivity contribution in [1.82, 2.24) is 4.98 Å². The van der Waals surface area contributed by atoms with E-state index in [4.69, 9.17) is 22.2 Å². The molecule has 0 fully saturated rings. The van der Waals surface area contributed by atoms with Crippen LogP contribution in [-0.4, -0.2) is 12.1 Å². The Hall–Kier alpha value is -1.36. The average Bonchev–Trinajstić information content (AvgIpc) is 2.38. The van der Waals surface area contributed by atoms with Crippen LogP contribution in [0.1, 0.15) is 19.5 Å². The fraction of sp³-hybridized carbons (Fsp3) is 0.308. The number of fused-ring (bicyclic) bond motifs is 1. The Bertz CT molecular complexity index is 584. The molecule has 0 aliphatic carbocycles. The van der Waals surface area contributed by atoms with Crippen molar-refractivity contribution >= 4 is 28.2 Å². The van der Waals surface area contributed by atoms with Crippen LogP contribution in [0.15, 0.2) is 24.3 Å². The number of halogens is 1. The van der Waals surface area contributed by atoms with Crippen LogP contribution in [0.4, 0.5) is 5.69 Å². The Morgan fingerprint density at radius 2 is 2.11 bits per heavy atom. The number of nitrogen functional groups attached to an aromatic ring is 1. The highest BCUT2D eigenvalue weighted by Crippen LogP contribution is 2.33. The van der Waals surface area contributed by atoms with Crippen molar-refractivity contribution in [3.8, 4) is 0 Å². The first kappa shape index (κ1) is 13.1. The fourth-order valence-electron chi connectivity index (χ4n) is 1.83. The van der Waals surface area contributed by atoms with Gasteiger partial charge in [0.1, 0.15) is 5.60 Å². The van der Waals surface area contributed by atoms with E-state index in [1.54, 1.807) is 7.11 Å². The average molecular weight is 266 g/mol. The molecule has 0 saturated carbocycles. The van der Waals surface area contributed by atoms with E-state index in [1.807, 2.05) is 38.1 Å². The first-order valence-electron chi connectivity index (χ1n) is 5.61. The molecule has 0 unspecified atom stereocenters. The molecule has 1 aromatic heterocycles. The van der Waals surface area contributed by atoms with Crippen LogP contribution in [0.3, 0.4) is 0 Å². The summed E-state index contributed by atoms with van der Waals surface area (Å²) in [5.74, 6) is 5.55. The van der Waals surface area contributed by atoms with Gasteiger partial charge in [0.15, 0.2) is 0 Å². The molecule has 1 aromatic carbocycles. The number of hydrogen-bond donors (Lipinski definition) is 2. The molecule has 96 valence electrons. The van der Waals surface area contributed by atoms with Crippen LogP contribution < -0.4 is 11.3 Å². The third-order valence-corrected chi connectivity index (χ3v) is 3.37. The predicted octanol–water partition coefficient (Wildman–Crippen LogP) is 3.06. The van der Waals surface area contributed by atoms with E-state index in [-0.39, 0.29) is 0 Å². The molecular formula is C13H16ClN3O. The molecule has 0 aliphatic heterocycles. The van der Waals surface area contributed by atoms with Crippen LogP contribution >= 0.6 is 11.6 Å². The lowest BCUT2D eigenvalue weighted by atomic mass is 10.0. The van der Waals surface area contributed by atoms with Gasteiger partial charge in [-0.3, -0.25) is 5.84 Å². The van der Waals surface area contributed by atoms with E-state index in [0.717, 1.165) is 16.6 Å². The Morgan fingerprint density at radius 3 is 2.72 bits per heavy atom. The number of hydrazine groups is 1. The molecule has 0 atom stereocenters. The maximum Gasteiger partial charge on any atom is 0.106 e. The van der Waals surface area contributed by atoms with Gasteiger partial charge < -0.3 is 10.2 Å². The molecule has 0 radical (unpaired) electrons. The fourth-order valence-corrected chi connectivity index (χ4v) is 2.05. The number of benzene rings is 1. The highest BCUT2D eigenvalue weighted by Gasteiger charge is 2.25. The molecule has 5 heteroatoms. The van der Waals surface area contributed by atoms with Gasteiger partial charge in [0.2, 0.25) is 0 Å². The monoisotopic (exact) mass is 265 g/mol. The first-order chi connectivity index (χ1) is 8.49. The molecule has 0 spiro atoms. The van der Waals surface area contributed by atoms with Crippen molar-refractivity contribution in [1.29, 1.82) is 0 Å². The summed E-state index contributed by atoms with van der Waals surface area (Å²) in [6.45, 7) is 3.87. The zero-order valence-corrected chi connectivity index (χ0v) is 11.4. The number of rotatable bonds is 3. The SMILES string of the molecule is COC(C)(C)c1nc2cccc(Cl)c2cc1NN. The van der Waals surface area contributed by atoms with Gasteiger partial charge in [0.05, 0.1) is 21.9 Å². The Morgan fingerprint density at radius 1 is 1.39 bits per heavy atom. The molecule has 0 saturated heterocycles. The summed E-state index contributed by atoms with van der Waals surface area (Å²) in [6.07, 6.45) is 0. The zero-order chi connectivity index (χ0) is 13.3. The molecule has 4 nitrogen and oxygen atoms in total. The van der Waals surface area contributed by atoms with Gasteiger partial charge in [0, 0.05) is 12.5 Å². The molecule has 2 rings (SSSR count). The summed E-state index contributed by atoms with van der Waals surface area (Å²) in [5, 5.41) is 1.51. The van der Waals surface area contributed by atoms with Gasteiger partial charge in [-0.1, -0.05) is 17.7 Å². The largest absolute Gasteiger partial charge is 0.372 e. The van der Waals surface area contributed by atoms with Gasteiger partial charge in [0.25, 0.3) is 0 Å². The molecule has 1 heterocycles. The van der Waals surface area contributed by atoms with Crippen molar-refractivity contribution in [2.24, 2.45) is 5.84 Å². The summed E-state index contributed by atoms with van der Waals surface area (Å²) in [4.78, 5) is 4.60. The summed E-state index contributed by atoms with van der Waals surface area (Å²) < 4.78 is 5.45. The standard InChI is InChI=1S/C13H16ClN3O/c1-13(2,18-3)12-11(17-15)7-8-9(14)5-4-6-10(8)16-12/h4-7,17H,15H2,1-3H3. The molecule has 3 N–H and O–H groups in total. The van der Waals surface area contributed by atoms with E-state index in [2.05, 4.69) is 10.4 Å². The maximum atomic E-state index is 6.15. The van der Waals surface area contributed by atoms with Crippen LogP contribution in [0.2, 0.25) is 5.02 Å². The number of hydrogen-bond acceptors (Lipinski definition) is 4. The molecule has 0 aliphatic rings. The number of anilines is 1.